The van der Waals surface area contributed by atoms with Crippen LogP contribution in [-0.4, -0.2) is 23.2 Å². The third kappa shape index (κ3) is 7.36. The summed E-state index contributed by atoms with van der Waals surface area (Å²) in [4.78, 5) is 9.07. The van der Waals surface area contributed by atoms with Crippen LogP contribution < -0.4 is 4.40 Å². The largest absolute Gasteiger partial charge is 0 e. The molecule has 0 N–H and O–H groups in total. The summed E-state index contributed by atoms with van der Waals surface area (Å²) in [6.07, 6.45) is 3.79. The minimum absolute atomic E-state index is 0. The van der Waals surface area contributed by atoms with E-state index in [4.69, 9.17) is 5.79 Å². The van der Waals surface area contributed by atoms with E-state index >= 15 is 0 Å². The molecule has 3 heterocycles. The van der Waals surface area contributed by atoms with Crippen molar-refractivity contribution in [3.8, 4) is 33.6 Å². The van der Waals surface area contributed by atoms with E-state index in [0.29, 0.717) is 0 Å². The summed E-state index contributed by atoms with van der Waals surface area (Å²) in [5, 5.41) is 2.12. The molecule has 0 saturated carbocycles. The van der Waals surface area contributed by atoms with Crippen molar-refractivity contribution in [2.45, 2.75) is 37.0 Å². The molecule has 5 heteroatoms. The van der Waals surface area contributed by atoms with Crippen LogP contribution in [0.25, 0.3) is 55.6 Å². The molecule has 0 amide bonds. The van der Waals surface area contributed by atoms with Gasteiger partial charge in [0.15, 0.2) is 0 Å². The van der Waals surface area contributed by atoms with Gasteiger partial charge in [0.05, 0.1) is 5.58 Å². The Kier molecular flexibility index (Phi) is 9.75. The van der Waals surface area contributed by atoms with Gasteiger partial charge in [-0.1, -0.05) is 78.9 Å². The van der Waals surface area contributed by atoms with Crippen molar-refractivity contribution in [2.75, 3.05) is 0 Å². The molecular formula is C40H36GeIrN2O-2. The molecule has 1 radical (unpaired) electrons. The summed E-state index contributed by atoms with van der Waals surface area (Å²) >= 11 is -1.72. The van der Waals surface area contributed by atoms with E-state index < -0.39 is 19.2 Å². The second kappa shape index (κ2) is 14.1. The van der Waals surface area contributed by atoms with E-state index in [1.54, 1.807) is 6.20 Å². The molecule has 45 heavy (non-hydrogen) atoms. The summed E-state index contributed by atoms with van der Waals surface area (Å²) in [5.74, 6) is 6.45. The van der Waals surface area contributed by atoms with Crippen LogP contribution in [0.3, 0.4) is 0 Å². The maximum absolute atomic E-state index is 8.33. The Morgan fingerprint density at radius 1 is 0.733 bits per heavy atom. The first-order valence-corrected chi connectivity index (χ1v) is 22.3. The zero-order chi connectivity index (χ0) is 31.6. The number of hydrogen-bond donors (Lipinski definition) is 0. The number of nitrogens with zero attached hydrogens (tertiary/aromatic N) is 2. The Bertz CT molecular complexity index is 2060. The molecule has 0 unspecified atom stereocenters. The topological polar surface area (TPSA) is 38.9 Å². The van der Waals surface area contributed by atoms with Gasteiger partial charge in [-0.25, -0.2) is 0 Å². The molecule has 0 aliphatic heterocycles. The van der Waals surface area contributed by atoms with E-state index in [1.807, 2.05) is 86.8 Å². The molecule has 3 nitrogen and oxygen atoms in total. The molecule has 7 rings (SSSR count). The Labute approximate surface area is 283 Å². The number of aromatic nitrogens is 2. The van der Waals surface area contributed by atoms with Crippen molar-refractivity contribution in [3.05, 3.63) is 139 Å². The zero-order valence-corrected chi connectivity index (χ0v) is 30.7. The minimum atomic E-state index is -1.72. The predicted octanol–water partition coefficient (Wildman–Crippen LogP) is 10.3. The molecule has 4 aromatic carbocycles. The van der Waals surface area contributed by atoms with Crippen LogP contribution in [0, 0.1) is 12.1 Å². The third-order valence-corrected chi connectivity index (χ3v) is 12.0. The number of benzene rings is 4. The Morgan fingerprint density at radius 2 is 1.53 bits per heavy atom. The van der Waals surface area contributed by atoms with Crippen LogP contribution in [0.5, 0.6) is 0 Å². The van der Waals surface area contributed by atoms with Crippen molar-refractivity contribution in [3.63, 3.8) is 0 Å². The number of fused-ring (bicyclic) bond motifs is 3. The van der Waals surface area contributed by atoms with E-state index in [1.165, 1.54) is 4.40 Å². The Morgan fingerprint density at radius 3 is 2.22 bits per heavy atom. The van der Waals surface area contributed by atoms with Crippen molar-refractivity contribution < 1.29 is 25.9 Å². The van der Waals surface area contributed by atoms with E-state index in [9.17, 15) is 0 Å². The van der Waals surface area contributed by atoms with Crippen LogP contribution in [0.15, 0.2) is 126 Å². The summed E-state index contributed by atoms with van der Waals surface area (Å²) in [6.45, 7) is 3.76. The molecule has 0 bridgehead atoms. The first-order chi connectivity index (χ1) is 21.6. The minimum Gasteiger partial charge on any atom is 0 e. The molecule has 0 aliphatic rings. The van der Waals surface area contributed by atoms with E-state index in [0.717, 1.165) is 61.1 Å². The normalized spacial score (nSPS) is 11.8. The first-order valence-electron chi connectivity index (χ1n) is 15.4. The fourth-order valence-electron chi connectivity index (χ4n) is 5.17. The monoisotopic (exact) mass is 828 g/mol. The van der Waals surface area contributed by atoms with Crippen molar-refractivity contribution >= 4 is 39.6 Å². The standard InChI is InChI=1S/C26H20NO.C14H16GeN.Ir/c1-17(2)19-13-14-27-24(15-19)23-10-6-9-22-21-12-11-20(16-25(21)28-26(22)23)18-7-4-3-5-8-18;1-15(2,3)13-9-10-14(16-11-13)12-7-5-4-6-8-12;/h3-9,11-17H,1-2H3;4-7,9-11H,1-3H3;/q2*-1;/i17D;;. The summed E-state index contributed by atoms with van der Waals surface area (Å²) in [7, 11) is 0. The summed E-state index contributed by atoms with van der Waals surface area (Å²) in [6, 6.07) is 43.2. The van der Waals surface area contributed by atoms with Crippen LogP contribution in [-0.2, 0) is 20.1 Å². The molecule has 227 valence electrons. The molecule has 0 atom stereocenters. The van der Waals surface area contributed by atoms with Crippen molar-refractivity contribution in [1.82, 2.24) is 9.97 Å². The summed E-state index contributed by atoms with van der Waals surface area (Å²) in [5.41, 5.74) is 8.50. The SMILES string of the molecule is [2H]C(C)(C)c1ccnc(-c2[c-]ccc3c2oc2cc(-c4ccccc4)ccc23)c1.[CH3][Ge]([CH3])([CH3])[c]1ccc(-c2[c-]cccc2)nc1.[Ir]. The fourth-order valence-corrected chi connectivity index (χ4v) is 7.34. The van der Waals surface area contributed by atoms with Crippen LogP contribution in [0.2, 0.25) is 17.3 Å². The third-order valence-electron chi connectivity index (χ3n) is 7.75. The van der Waals surface area contributed by atoms with Crippen LogP contribution in [0.1, 0.15) is 26.7 Å². The van der Waals surface area contributed by atoms with Crippen LogP contribution >= 0.6 is 0 Å². The van der Waals surface area contributed by atoms with Gasteiger partial charge < -0.3 is 9.40 Å². The van der Waals surface area contributed by atoms with Gasteiger partial charge in [0.2, 0.25) is 0 Å². The maximum Gasteiger partial charge on any atom is 0 e. The van der Waals surface area contributed by atoms with Gasteiger partial charge in [-0.3, -0.25) is 0 Å². The molecule has 3 aromatic heterocycles. The van der Waals surface area contributed by atoms with Gasteiger partial charge in [0, 0.05) is 33.1 Å². The number of rotatable bonds is 5. The number of furan rings is 1. The molecule has 0 spiro atoms. The first kappa shape index (κ1) is 31.2. The van der Waals surface area contributed by atoms with Gasteiger partial charge >= 0.3 is 99.8 Å². The van der Waals surface area contributed by atoms with Crippen molar-refractivity contribution in [1.29, 1.82) is 0 Å². The second-order valence-electron chi connectivity index (χ2n) is 12.2. The van der Waals surface area contributed by atoms with Gasteiger partial charge in [0.1, 0.15) is 5.58 Å². The quantitative estimate of drug-likeness (QED) is 0.128. The molecule has 0 fully saturated rings. The molecular weight excluding hydrogens is 789 g/mol. The number of pyridine rings is 2. The fraction of sp³-hybridized carbons (Fsp3) is 0.150. The molecule has 0 saturated heterocycles. The van der Waals surface area contributed by atoms with Gasteiger partial charge in [-0.15, -0.1) is 18.2 Å². The smallest absolute Gasteiger partial charge is 0 e. The molecule has 7 aromatic rings. The Hall–Kier alpha value is -3.83. The van der Waals surface area contributed by atoms with Gasteiger partial charge in [0.25, 0.3) is 0 Å². The van der Waals surface area contributed by atoms with Gasteiger partial charge in [-0.2, -0.15) is 0 Å². The van der Waals surface area contributed by atoms with E-state index in [-0.39, 0.29) is 20.1 Å². The average molecular weight is 827 g/mol. The van der Waals surface area contributed by atoms with Crippen LogP contribution in [0.4, 0.5) is 0 Å². The second-order valence-corrected chi connectivity index (χ2v) is 22.8. The maximum atomic E-state index is 8.33. The van der Waals surface area contributed by atoms with E-state index in [2.05, 4.69) is 81.8 Å². The predicted molar refractivity (Wildman–Crippen MR) is 187 cm³/mol. The average Bonchev–Trinajstić information content (AvgIpc) is 3.43. The molecule has 0 aliphatic carbocycles. The number of hydrogen-bond acceptors (Lipinski definition) is 3. The zero-order valence-electron chi connectivity index (χ0n) is 27.2. The van der Waals surface area contributed by atoms with Gasteiger partial charge in [-0.05, 0) is 34.8 Å². The Balaban J connectivity index is 0.000000209. The van der Waals surface area contributed by atoms with Crippen molar-refractivity contribution in [2.24, 2.45) is 0 Å². The summed E-state index contributed by atoms with van der Waals surface area (Å²) < 4.78 is 16.1.